The van der Waals surface area contributed by atoms with E-state index in [1.165, 1.54) is 13.0 Å². The molecule has 0 heterocycles. The van der Waals surface area contributed by atoms with E-state index in [9.17, 15) is 14.5 Å². The normalized spacial score (nSPS) is 9.83. The molecule has 1 aromatic carbocycles. The van der Waals surface area contributed by atoms with Crippen LogP contribution in [0.4, 0.5) is 15.8 Å². The van der Waals surface area contributed by atoms with Crippen LogP contribution in [0.25, 0.3) is 0 Å². The molecule has 0 aromatic heterocycles. The summed E-state index contributed by atoms with van der Waals surface area (Å²) in [7, 11) is 0. The molecule has 12 heavy (non-hydrogen) atoms. The van der Waals surface area contributed by atoms with E-state index >= 15 is 0 Å². The second kappa shape index (κ2) is 2.77. The summed E-state index contributed by atoms with van der Waals surface area (Å²) in [6, 6.07) is 2.04. The van der Waals surface area contributed by atoms with E-state index in [0.29, 0.717) is 5.56 Å². The van der Waals surface area contributed by atoms with Gasteiger partial charge in [0.2, 0.25) is 0 Å². The van der Waals surface area contributed by atoms with Gasteiger partial charge in [0.05, 0.1) is 16.7 Å². The molecule has 0 aliphatic heterocycles. The smallest absolute Gasteiger partial charge is 0.272 e. The van der Waals surface area contributed by atoms with Crippen LogP contribution in [0, 0.1) is 22.9 Å². The Morgan fingerprint density at radius 1 is 1.58 bits per heavy atom. The number of nitro groups is 1. The lowest BCUT2D eigenvalue weighted by molar-refractivity contribution is -0.385. The van der Waals surface area contributed by atoms with E-state index < -0.39 is 10.7 Å². The molecule has 2 N–H and O–H groups in total. The van der Waals surface area contributed by atoms with Crippen molar-refractivity contribution < 1.29 is 9.31 Å². The van der Waals surface area contributed by atoms with Gasteiger partial charge in [0, 0.05) is 6.07 Å². The van der Waals surface area contributed by atoms with E-state index in [1.54, 1.807) is 0 Å². The highest BCUT2D eigenvalue weighted by molar-refractivity contribution is 5.53. The van der Waals surface area contributed by atoms with Crippen LogP contribution < -0.4 is 5.73 Å². The molecule has 0 aliphatic carbocycles. The zero-order valence-corrected chi connectivity index (χ0v) is 6.37. The Morgan fingerprint density at radius 3 is 2.58 bits per heavy atom. The number of nitrogens with zero attached hydrogens (tertiary/aromatic N) is 1. The van der Waals surface area contributed by atoms with Gasteiger partial charge in [0.1, 0.15) is 0 Å². The molecule has 64 valence electrons. The Hall–Kier alpha value is -1.65. The fraction of sp³-hybridized carbons (Fsp3) is 0.143. The van der Waals surface area contributed by atoms with Crippen molar-refractivity contribution in [2.24, 2.45) is 0 Å². The maximum atomic E-state index is 12.8. The molecule has 1 rings (SSSR count). The van der Waals surface area contributed by atoms with Crippen molar-refractivity contribution in [3.8, 4) is 0 Å². The molecule has 0 fully saturated rings. The number of non-ortho nitro benzene ring substituents is 1. The molecule has 0 aliphatic rings. The number of anilines is 1. The van der Waals surface area contributed by atoms with Gasteiger partial charge in [0.25, 0.3) is 5.69 Å². The first-order valence-corrected chi connectivity index (χ1v) is 3.22. The average Bonchev–Trinajstić information content (AvgIpc) is 1.99. The Labute approximate surface area is 68.0 Å². The van der Waals surface area contributed by atoms with Gasteiger partial charge < -0.3 is 5.73 Å². The molecule has 1 aromatic rings. The first-order chi connectivity index (χ1) is 5.52. The lowest BCUT2D eigenvalue weighted by atomic mass is 10.2. The molecular weight excluding hydrogens is 163 g/mol. The molecule has 0 radical (unpaired) electrons. The Balaban J connectivity index is 3.31. The summed E-state index contributed by atoms with van der Waals surface area (Å²) in [6.07, 6.45) is 0. The van der Waals surface area contributed by atoms with Gasteiger partial charge in [-0.05, 0) is 12.5 Å². The van der Waals surface area contributed by atoms with Gasteiger partial charge >= 0.3 is 0 Å². The van der Waals surface area contributed by atoms with Crippen molar-refractivity contribution in [1.82, 2.24) is 0 Å². The fourth-order valence-electron chi connectivity index (χ4n) is 0.843. The van der Waals surface area contributed by atoms with Crippen LogP contribution in [0.2, 0.25) is 0 Å². The van der Waals surface area contributed by atoms with E-state index in [4.69, 9.17) is 5.73 Å². The van der Waals surface area contributed by atoms with Gasteiger partial charge in [-0.3, -0.25) is 10.1 Å². The average molecular weight is 170 g/mol. The predicted octanol–water partition coefficient (Wildman–Crippen LogP) is 1.62. The minimum absolute atomic E-state index is 0.0411. The number of aryl methyl sites for hydroxylation is 1. The van der Waals surface area contributed by atoms with Crippen LogP contribution in [0.3, 0.4) is 0 Å². The van der Waals surface area contributed by atoms with Crippen molar-refractivity contribution in [1.29, 1.82) is 0 Å². The van der Waals surface area contributed by atoms with Crippen molar-refractivity contribution in [2.75, 3.05) is 5.73 Å². The van der Waals surface area contributed by atoms with Crippen LogP contribution in [0.5, 0.6) is 0 Å². The first-order valence-electron chi connectivity index (χ1n) is 3.22. The maximum absolute atomic E-state index is 12.8. The highest BCUT2D eigenvalue weighted by Crippen LogP contribution is 2.22. The summed E-state index contributed by atoms with van der Waals surface area (Å²) < 4.78 is 12.8. The molecule has 0 atom stereocenters. The molecule has 0 bridgehead atoms. The number of nitrogens with two attached hydrogens (primary N) is 1. The van der Waals surface area contributed by atoms with E-state index in [1.807, 2.05) is 0 Å². The number of halogens is 1. The zero-order chi connectivity index (χ0) is 9.30. The van der Waals surface area contributed by atoms with Gasteiger partial charge in [-0.15, -0.1) is 0 Å². The largest absolute Gasteiger partial charge is 0.396 e. The lowest BCUT2D eigenvalue weighted by Gasteiger charge is -2.00. The second-order valence-corrected chi connectivity index (χ2v) is 2.42. The number of hydrogen-bond acceptors (Lipinski definition) is 3. The zero-order valence-electron chi connectivity index (χ0n) is 6.37. The number of benzene rings is 1. The molecule has 0 spiro atoms. The molecule has 0 unspecified atom stereocenters. The first kappa shape index (κ1) is 8.45. The van der Waals surface area contributed by atoms with Gasteiger partial charge in [-0.25, -0.2) is 4.39 Å². The number of nitrogen functional groups attached to an aromatic ring is 1. The molecular formula is C7H7FN2O2. The number of hydrogen-bond donors (Lipinski definition) is 1. The fourth-order valence-corrected chi connectivity index (χ4v) is 0.843. The third kappa shape index (κ3) is 1.34. The van der Waals surface area contributed by atoms with Gasteiger partial charge in [-0.2, -0.15) is 0 Å². The van der Waals surface area contributed by atoms with Crippen LogP contribution in [0.15, 0.2) is 12.1 Å². The van der Waals surface area contributed by atoms with Gasteiger partial charge in [-0.1, -0.05) is 0 Å². The van der Waals surface area contributed by atoms with Gasteiger partial charge in [0.15, 0.2) is 5.82 Å². The third-order valence-corrected chi connectivity index (χ3v) is 1.53. The van der Waals surface area contributed by atoms with Crippen molar-refractivity contribution in [3.05, 3.63) is 33.6 Å². The number of rotatable bonds is 1. The van der Waals surface area contributed by atoms with Crippen LogP contribution in [-0.2, 0) is 0 Å². The minimum atomic E-state index is -0.748. The topological polar surface area (TPSA) is 69.2 Å². The minimum Gasteiger partial charge on any atom is -0.396 e. The maximum Gasteiger partial charge on any atom is 0.272 e. The van der Waals surface area contributed by atoms with E-state index in [0.717, 1.165) is 6.07 Å². The standard InChI is InChI=1S/C7H7FN2O2/c1-4-2-5(10(11)12)3-6(8)7(4)9/h2-3H,9H2,1H3. The number of nitro benzene ring substituents is 1. The predicted molar refractivity (Wildman–Crippen MR) is 42.2 cm³/mol. The molecule has 0 saturated carbocycles. The van der Waals surface area contributed by atoms with Crippen molar-refractivity contribution in [2.45, 2.75) is 6.92 Å². The summed E-state index contributed by atoms with van der Waals surface area (Å²) in [5.41, 5.74) is 5.31. The monoisotopic (exact) mass is 170 g/mol. The van der Waals surface area contributed by atoms with Crippen LogP contribution in [0.1, 0.15) is 5.56 Å². The molecule has 5 heteroatoms. The Bertz CT molecular complexity index is 315. The third-order valence-electron chi connectivity index (χ3n) is 1.53. The van der Waals surface area contributed by atoms with Crippen molar-refractivity contribution >= 4 is 11.4 Å². The lowest BCUT2D eigenvalue weighted by Crippen LogP contribution is -1.97. The summed E-state index contributed by atoms with van der Waals surface area (Å²) in [4.78, 5) is 9.56. The van der Waals surface area contributed by atoms with E-state index in [-0.39, 0.29) is 11.4 Å². The Kier molecular flexibility index (Phi) is 1.95. The SMILES string of the molecule is Cc1cc([N+](=O)[O-])cc(F)c1N. The highest BCUT2D eigenvalue weighted by Gasteiger charge is 2.11. The highest BCUT2D eigenvalue weighted by atomic mass is 19.1. The summed E-state index contributed by atoms with van der Waals surface area (Å²) in [5.74, 6) is -0.748. The Morgan fingerprint density at radius 2 is 2.17 bits per heavy atom. The van der Waals surface area contributed by atoms with Crippen LogP contribution in [-0.4, -0.2) is 4.92 Å². The molecule has 0 amide bonds. The van der Waals surface area contributed by atoms with E-state index in [2.05, 4.69) is 0 Å². The quantitative estimate of drug-likeness (QED) is 0.395. The second-order valence-electron chi connectivity index (χ2n) is 2.42. The van der Waals surface area contributed by atoms with Crippen LogP contribution >= 0.6 is 0 Å². The summed E-state index contributed by atoms with van der Waals surface area (Å²) in [6.45, 7) is 1.52. The van der Waals surface area contributed by atoms with Crippen molar-refractivity contribution in [3.63, 3.8) is 0 Å². The summed E-state index contributed by atoms with van der Waals surface area (Å²) >= 11 is 0. The molecule has 0 saturated heterocycles. The molecule has 4 nitrogen and oxygen atoms in total. The summed E-state index contributed by atoms with van der Waals surface area (Å²) in [5, 5.41) is 10.2.